The summed E-state index contributed by atoms with van der Waals surface area (Å²) in [4.78, 5) is 14.2. The topological polar surface area (TPSA) is 43.4 Å². The van der Waals surface area contributed by atoms with E-state index in [1.807, 2.05) is 24.4 Å². The lowest BCUT2D eigenvalue weighted by Gasteiger charge is -2.46. The number of benzene rings is 1. The molecule has 1 fully saturated rings. The van der Waals surface area contributed by atoms with Crippen molar-refractivity contribution in [3.8, 4) is 0 Å². The first-order valence-electron chi connectivity index (χ1n) is 9.72. The van der Waals surface area contributed by atoms with Crippen molar-refractivity contribution in [2.24, 2.45) is 0 Å². The van der Waals surface area contributed by atoms with Crippen LogP contribution in [-0.2, 0) is 4.79 Å². The Morgan fingerprint density at radius 2 is 2.04 bits per heavy atom. The van der Waals surface area contributed by atoms with Crippen LogP contribution >= 0.6 is 0 Å². The van der Waals surface area contributed by atoms with Crippen LogP contribution in [0.25, 0.3) is 5.57 Å². The van der Waals surface area contributed by atoms with Crippen molar-refractivity contribution in [2.75, 3.05) is 20.1 Å². The third-order valence-corrected chi connectivity index (χ3v) is 5.87. The van der Waals surface area contributed by atoms with Gasteiger partial charge in [-0.3, -0.25) is 4.90 Å². The number of carbonyl (C=O) groups is 1. The largest absolute Gasteiger partial charge is 0.545 e. The molecule has 4 nitrogen and oxygen atoms in total. The van der Waals surface area contributed by atoms with Gasteiger partial charge in [-0.05, 0) is 38.8 Å². The third-order valence-electron chi connectivity index (χ3n) is 5.87. The van der Waals surface area contributed by atoms with E-state index in [0.29, 0.717) is 16.2 Å². The molecule has 0 radical (unpaired) electrons. The molecule has 2 aliphatic rings. The van der Waals surface area contributed by atoms with Crippen LogP contribution in [0.2, 0.25) is 0 Å². The Balaban J connectivity index is 2.03. The van der Waals surface area contributed by atoms with E-state index in [1.165, 1.54) is 32.1 Å². The first-order chi connectivity index (χ1) is 12.1. The van der Waals surface area contributed by atoms with Gasteiger partial charge >= 0.3 is 0 Å². The fourth-order valence-corrected chi connectivity index (χ4v) is 4.62. The van der Waals surface area contributed by atoms with Crippen molar-refractivity contribution in [1.29, 1.82) is 0 Å². The number of unbranched alkanes of at least 4 members (excludes halogenated alkanes) is 3. The fourth-order valence-electron chi connectivity index (χ4n) is 4.62. The molecule has 0 spiro atoms. The number of carboxylic acid groups (broad SMARTS) is 1. The summed E-state index contributed by atoms with van der Waals surface area (Å²) in [5.41, 5.74) is 2.35. The summed E-state index contributed by atoms with van der Waals surface area (Å²) in [5, 5.41) is 11.8. The van der Waals surface area contributed by atoms with Crippen molar-refractivity contribution in [3.63, 3.8) is 0 Å². The smallest absolute Gasteiger partial charge is 0.154 e. The molecule has 0 amide bonds. The molecular weight excluding hydrogens is 312 g/mol. The molecule has 1 aromatic carbocycles. The van der Waals surface area contributed by atoms with Gasteiger partial charge in [-0.25, -0.2) is 4.48 Å². The lowest BCUT2D eigenvalue weighted by Crippen LogP contribution is -2.60. The van der Waals surface area contributed by atoms with Gasteiger partial charge in [0.15, 0.2) is 6.17 Å². The molecule has 4 heteroatoms. The van der Waals surface area contributed by atoms with Crippen molar-refractivity contribution < 1.29 is 9.90 Å². The SMILES string of the molecule is CCCCCC[N+]1(C2CCCCN2C)C=C(C(=O)[O-])c2ccccc21. The minimum atomic E-state index is -1.06. The first-order valence-corrected chi connectivity index (χ1v) is 9.72. The molecule has 2 unspecified atom stereocenters. The number of fused-ring (bicyclic) bond motifs is 1. The number of nitrogens with zero attached hydrogens (tertiary/aromatic N) is 2. The van der Waals surface area contributed by atoms with E-state index in [9.17, 15) is 9.90 Å². The van der Waals surface area contributed by atoms with Crippen LogP contribution in [0, 0.1) is 0 Å². The predicted molar refractivity (Wildman–Crippen MR) is 100 cm³/mol. The van der Waals surface area contributed by atoms with Gasteiger partial charge in [0.2, 0.25) is 0 Å². The lowest BCUT2D eigenvalue weighted by molar-refractivity contribution is -0.295. The minimum Gasteiger partial charge on any atom is -0.545 e. The number of hydrogen-bond donors (Lipinski definition) is 0. The fraction of sp³-hybridized carbons (Fsp3) is 0.571. The van der Waals surface area contributed by atoms with E-state index in [-0.39, 0.29) is 0 Å². The lowest BCUT2D eigenvalue weighted by atomic mass is 10.0. The van der Waals surface area contributed by atoms with Crippen LogP contribution < -0.4 is 9.59 Å². The van der Waals surface area contributed by atoms with Gasteiger partial charge in [0.05, 0.1) is 23.7 Å². The van der Waals surface area contributed by atoms with Gasteiger partial charge in [-0.2, -0.15) is 0 Å². The van der Waals surface area contributed by atoms with Gasteiger partial charge in [0.1, 0.15) is 11.9 Å². The van der Waals surface area contributed by atoms with Gasteiger partial charge in [0, 0.05) is 19.0 Å². The molecular formula is C21H30N2O2. The third kappa shape index (κ3) is 3.38. The molecule has 25 heavy (non-hydrogen) atoms. The Hall–Kier alpha value is -1.65. The Labute approximate surface area is 151 Å². The molecule has 136 valence electrons. The minimum absolute atomic E-state index is 0.313. The molecule has 1 aromatic rings. The summed E-state index contributed by atoms with van der Waals surface area (Å²) in [5.74, 6) is -1.06. The molecule has 2 heterocycles. The Morgan fingerprint density at radius 3 is 2.76 bits per heavy atom. The average molecular weight is 342 g/mol. The molecule has 2 aliphatic heterocycles. The highest BCUT2D eigenvalue weighted by molar-refractivity contribution is 6.18. The van der Waals surface area contributed by atoms with E-state index in [1.54, 1.807) is 0 Å². The maximum Gasteiger partial charge on any atom is 0.154 e. The summed E-state index contributed by atoms with van der Waals surface area (Å²) in [6.45, 7) is 4.26. The van der Waals surface area contributed by atoms with Gasteiger partial charge in [0.25, 0.3) is 0 Å². The Bertz CT molecular complexity index is 655. The van der Waals surface area contributed by atoms with Crippen LogP contribution in [-0.4, -0.2) is 37.2 Å². The quantitative estimate of drug-likeness (QED) is 0.565. The molecule has 0 bridgehead atoms. The van der Waals surface area contributed by atoms with Crippen LogP contribution in [0.1, 0.15) is 57.4 Å². The highest BCUT2D eigenvalue weighted by Gasteiger charge is 2.46. The second kappa shape index (κ2) is 7.71. The standard InChI is InChI=1S/C21H30N2O2/c1-3-4-5-10-15-23(20-13-8-9-14-22(20)2)16-18(21(24)25)17-11-6-7-12-19(17)23/h6-7,11-12,16,20H,3-5,8-10,13-15H2,1-2H3. The molecule has 0 N–H and O–H groups in total. The normalized spacial score (nSPS) is 26.3. The van der Waals surface area contributed by atoms with Gasteiger partial charge in [-0.1, -0.05) is 31.9 Å². The number of carbonyl (C=O) groups excluding carboxylic acids is 1. The van der Waals surface area contributed by atoms with Crippen molar-refractivity contribution in [1.82, 2.24) is 9.38 Å². The van der Waals surface area contributed by atoms with Crippen molar-refractivity contribution in [2.45, 2.75) is 58.0 Å². The molecule has 3 rings (SSSR count). The Morgan fingerprint density at radius 1 is 1.24 bits per heavy atom. The zero-order chi connectivity index (χ0) is 17.9. The van der Waals surface area contributed by atoms with Crippen molar-refractivity contribution >= 4 is 17.2 Å². The highest BCUT2D eigenvalue weighted by Crippen LogP contribution is 2.44. The molecule has 0 saturated carbocycles. The zero-order valence-electron chi connectivity index (χ0n) is 15.5. The summed E-state index contributed by atoms with van der Waals surface area (Å²) < 4.78 is 0.652. The molecule has 1 saturated heterocycles. The second-order valence-corrected chi connectivity index (χ2v) is 7.52. The zero-order valence-corrected chi connectivity index (χ0v) is 15.5. The van der Waals surface area contributed by atoms with E-state index in [2.05, 4.69) is 24.9 Å². The van der Waals surface area contributed by atoms with Gasteiger partial charge in [-0.15, -0.1) is 0 Å². The van der Waals surface area contributed by atoms with Crippen molar-refractivity contribution in [3.05, 3.63) is 36.0 Å². The number of hydrogen-bond acceptors (Lipinski definition) is 3. The van der Waals surface area contributed by atoms with E-state index in [0.717, 1.165) is 37.2 Å². The van der Waals surface area contributed by atoms with Gasteiger partial charge < -0.3 is 9.90 Å². The second-order valence-electron chi connectivity index (χ2n) is 7.52. The molecule has 2 atom stereocenters. The summed E-state index contributed by atoms with van der Waals surface area (Å²) >= 11 is 0. The Kier molecular flexibility index (Phi) is 5.60. The number of para-hydroxylation sites is 1. The maximum absolute atomic E-state index is 11.8. The van der Waals surface area contributed by atoms with E-state index >= 15 is 0 Å². The van der Waals surface area contributed by atoms with Crippen LogP contribution in [0.15, 0.2) is 30.5 Å². The summed E-state index contributed by atoms with van der Waals surface area (Å²) in [6, 6.07) is 8.01. The summed E-state index contributed by atoms with van der Waals surface area (Å²) in [6.07, 6.45) is 10.6. The van der Waals surface area contributed by atoms with Crippen LogP contribution in [0.4, 0.5) is 5.69 Å². The number of aliphatic carboxylic acids is 1. The van der Waals surface area contributed by atoms with E-state index < -0.39 is 5.97 Å². The highest BCUT2D eigenvalue weighted by atomic mass is 16.4. The van der Waals surface area contributed by atoms with Crippen LogP contribution in [0.5, 0.6) is 0 Å². The van der Waals surface area contributed by atoms with Crippen LogP contribution in [0.3, 0.4) is 0 Å². The number of carboxylic acids is 1. The molecule has 0 aliphatic carbocycles. The first kappa shape index (κ1) is 18.2. The van der Waals surface area contributed by atoms with E-state index in [4.69, 9.17) is 0 Å². The number of quaternary nitrogens is 1. The summed E-state index contributed by atoms with van der Waals surface area (Å²) in [7, 11) is 2.18. The predicted octanol–water partition coefficient (Wildman–Crippen LogP) is 3.12. The number of piperidine rings is 1. The average Bonchev–Trinajstić information content (AvgIpc) is 2.95. The maximum atomic E-state index is 11.8. The molecule has 0 aromatic heterocycles. The monoisotopic (exact) mass is 342 g/mol. The number of rotatable bonds is 7. The number of likely N-dealkylation sites (tertiary alicyclic amines) is 1.